The molecule has 1 fully saturated rings. The minimum Gasteiger partial charge on any atom is -0.495 e. The molecule has 1 unspecified atom stereocenters. The summed E-state index contributed by atoms with van der Waals surface area (Å²) in [6, 6.07) is 14.8. The molecule has 0 radical (unpaired) electrons. The van der Waals surface area contributed by atoms with Crippen LogP contribution in [0, 0.1) is 0 Å². The SMILES string of the molecule is CN=C(NCc1ccc(S(N)(=O)=O)cc1)NC1CCN(c2ccccc2OC)C1.I. The van der Waals surface area contributed by atoms with Gasteiger partial charge in [-0.15, -0.1) is 24.0 Å². The topological polar surface area (TPSA) is 109 Å². The number of ether oxygens (including phenoxy) is 1. The van der Waals surface area contributed by atoms with Gasteiger partial charge in [-0.1, -0.05) is 24.3 Å². The molecular formula is C20H28IN5O3S. The molecule has 1 saturated heterocycles. The lowest BCUT2D eigenvalue weighted by Crippen LogP contribution is -2.44. The number of methoxy groups -OCH3 is 1. The first kappa shape index (κ1) is 24.2. The molecule has 164 valence electrons. The van der Waals surface area contributed by atoms with E-state index in [2.05, 4.69) is 26.6 Å². The largest absolute Gasteiger partial charge is 0.495 e. The summed E-state index contributed by atoms with van der Waals surface area (Å²) in [5.41, 5.74) is 2.03. The van der Waals surface area contributed by atoms with Crippen LogP contribution in [-0.4, -0.2) is 47.7 Å². The molecule has 10 heteroatoms. The summed E-state index contributed by atoms with van der Waals surface area (Å²) in [6.45, 7) is 2.31. The van der Waals surface area contributed by atoms with Gasteiger partial charge < -0.3 is 20.3 Å². The van der Waals surface area contributed by atoms with Crippen LogP contribution in [0.15, 0.2) is 58.4 Å². The maximum atomic E-state index is 11.3. The van der Waals surface area contributed by atoms with Gasteiger partial charge in [0.1, 0.15) is 5.75 Å². The van der Waals surface area contributed by atoms with E-state index in [4.69, 9.17) is 9.88 Å². The van der Waals surface area contributed by atoms with Gasteiger partial charge in [-0.2, -0.15) is 0 Å². The summed E-state index contributed by atoms with van der Waals surface area (Å²) in [4.78, 5) is 6.69. The number of nitrogens with two attached hydrogens (primary N) is 1. The van der Waals surface area contributed by atoms with Crippen LogP contribution in [0.4, 0.5) is 5.69 Å². The fourth-order valence-corrected chi connectivity index (χ4v) is 3.87. The monoisotopic (exact) mass is 545 g/mol. The van der Waals surface area contributed by atoms with E-state index in [-0.39, 0.29) is 34.9 Å². The maximum Gasteiger partial charge on any atom is 0.238 e. The molecular weight excluding hydrogens is 517 g/mol. The van der Waals surface area contributed by atoms with Gasteiger partial charge in [0.05, 0.1) is 17.7 Å². The fourth-order valence-electron chi connectivity index (χ4n) is 3.36. The minimum atomic E-state index is -3.67. The van der Waals surface area contributed by atoms with Gasteiger partial charge in [0.25, 0.3) is 0 Å². The molecule has 0 aromatic heterocycles. The van der Waals surface area contributed by atoms with Crippen molar-refractivity contribution in [2.24, 2.45) is 10.1 Å². The van der Waals surface area contributed by atoms with Crippen molar-refractivity contribution in [2.75, 3.05) is 32.1 Å². The number of benzene rings is 2. The summed E-state index contributed by atoms with van der Waals surface area (Å²) < 4.78 is 28.1. The molecule has 0 amide bonds. The zero-order chi connectivity index (χ0) is 20.9. The number of aliphatic imine (C=N–C) groups is 1. The van der Waals surface area contributed by atoms with Crippen molar-refractivity contribution in [1.82, 2.24) is 10.6 Å². The fraction of sp³-hybridized carbons (Fsp3) is 0.350. The molecule has 8 nitrogen and oxygen atoms in total. The van der Waals surface area contributed by atoms with E-state index in [1.54, 1.807) is 26.3 Å². The number of hydrogen-bond acceptors (Lipinski definition) is 5. The second-order valence-electron chi connectivity index (χ2n) is 6.86. The molecule has 4 N–H and O–H groups in total. The van der Waals surface area contributed by atoms with E-state index < -0.39 is 10.0 Å². The predicted octanol–water partition coefficient (Wildman–Crippen LogP) is 1.90. The molecule has 1 aliphatic rings. The number of halogens is 1. The number of nitrogens with zero attached hydrogens (tertiary/aromatic N) is 2. The Labute approximate surface area is 195 Å². The first-order valence-corrected chi connectivity index (χ1v) is 10.9. The van der Waals surface area contributed by atoms with Crippen molar-refractivity contribution < 1.29 is 13.2 Å². The molecule has 0 aliphatic carbocycles. The lowest BCUT2D eigenvalue weighted by Gasteiger charge is -2.22. The Balaban J connectivity index is 0.00000320. The van der Waals surface area contributed by atoms with Crippen LogP contribution in [0.5, 0.6) is 5.75 Å². The lowest BCUT2D eigenvalue weighted by molar-refractivity contribution is 0.415. The van der Waals surface area contributed by atoms with Crippen molar-refractivity contribution in [2.45, 2.75) is 23.9 Å². The highest BCUT2D eigenvalue weighted by atomic mass is 127. The number of guanidine groups is 1. The van der Waals surface area contributed by atoms with E-state index in [1.165, 1.54) is 12.1 Å². The van der Waals surface area contributed by atoms with E-state index in [0.717, 1.165) is 36.5 Å². The quantitative estimate of drug-likeness (QED) is 0.291. The molecule has 3 rings (SSSR count). The summed E-state index contributed by atoms with van der Waals surface area (Å²) in [7, 11) is -0.260. The van der Waals surface area contributed by atoms with Gasteiger partial charge in [-0.3, -0.25) is 4.99 Å². The molecule has 2 aromatic rings. The lowest BCUT2D eigenvalue weighted by atomic mass is 10.2. The number of sulfonamides is 1. The van der Waals surface area contributed by atoms with Gasteiger partial charge in [-0.25, -0.2) is 13.6 Å². The van der Waals surface area contributed by atoms with Crippen LogP contribution in [0.2, 0.25) is 0 Å². The molecule has 2 aromatic carbocycles. The van der Waals surface area contributed by atoms with Crippen molar-refractivity contribution in [3.63, 3.8) is 0 Å². The molecule has 0 saturated carbocycles. The van der Waals surface area contributed by atoms with Crippen molar-refractivity contribution in [1.29, 1.82) is 0 Å². The third kappa shape index (κ3) is 6.22. The first-order valence-electron chi connectivity index (χ1n) is 9.37. The first-order chi connectivity index (χ1) is 13.9. The Kier molecular flexibility index (Phi) is 8.74. The number of hydrogen-bond donors (Lipinski definition) is 3. The van der Waals surface area contributed by atoms with Crippen LogP contribution in [0.1, 0.15) is 12.0 Å². The molecule has 0 bridgehead atoms. The highest BCUT2D eigenvalue weighted by molar-refractivity contribution is 14.0. The Hall–Kier alpha value is -2.05. The summed E-state index contributed by atoms with van der Waals surface area (Å²) in [6.07, 6.45) is 0.988. The third-order valence-electron chi connectivity index (χ3n) is 4.89. The van der Waals surface area contributed by atoms with Crippen LogP contribution in [0.25, 0.3) is 0 Å². The van der Waals surface area contributed by atoms with E-state index in [0.29, 0.717) is 12.5 Å². The predicted molar refractivity (Wildman–Crippen MR) is 130 cm³/mol. The molecule has 1 heterocycles. The van der Waals surface area contributed by atoms with Crippen molar-refractivity contribution in [3.8, 4) is 5.75 Å². The smallest absolute Gasteiger partial charge is 0.238 e. The summed E-state index contributed by atoms with van der Waals surface area (Å²) >= 11 is 0. The number of rotatable bonds is 6. The van der Waals surface area contributed by atoms with E-state index in [9.17, 15) is 8.42 Å². The Morgan fingerprint density at radius 2 is 1.93 bits per heavy atom. The van der Waals surface area contributed by atoms with E-state index >= 15 is 0 Å². The average molecular weight is 545 g/mol. The Bertz CT molecular complexity index is 967. The standard InChI is InChI=1S/C20H27N5O3S.HI/c1-22-20(23-13-15-7-9-17(10-8-15)29(21,26)27)24-16-11-12-25(14-16)18-5-3-4-6-19(18)28-2;/h3-10,16H,11-14H2,1-2H3,(H2,21,26,27)(H2,22,23,24);1H. The zero-order valence-corrected chi connectivity index (χ0v) is 20.2. The third-order valence-corrected chi connectivity index (χ3v) is 5.82. The van der Waals surface area contributed by atoms with Gasteiger partial charge >= 0.3 is 0 Å². The van der Waals surface area contributed by atoms with Crippen LogP contribution >= 0.6 is 24.0 Å². The van der Waals surface area contributed by atoms with Gasteiger partial charge in [-0.05, 0) is 36.2 Å². The number of nitrogens with one attached hydrogen (secondary N) is 2. The number of anilines is 1. The normalized spacial score (nSPS) is 16.7. The Morgan fingerprint density at radius 3 is 2.57 bits per heavy atom. The second kappa shape index (κ2) is 10.8. The number of para-hydroxylation sites is 2. The van der Waals surface area contributed by atoms with Crippen LogP contribution in [0.3, 0.4) is 0 Å². The second-order valence-corrected chi connectivity index (χ2v) is 8.42. The highest BCUT2D eigenvalue weighted by Crippen LogP contribution is 2.30. The van der Waals surface area contributed by atoms with Gasteiger partial charge in [0, 0.05) is 32.7 Å². The molecule has 1 atom stereocenters. The molecule has 0 spiro atoms. The number of primary sulfonamides is 1. The summed E-state index contributed by atoms with van der Waals surface area (Å²) in [5, 5.41) is 11.8. The zero-order valence-electron chi connectivity index (χ0n) is 17.0. The van der Waals surface area contributed by atoms with Gasteiger partial charge in [0.2, 0.25) is 10.0 Å². The summed E-state index contributed by atoms with van der Waals surface area (Å²) in [5.74, 6) is 1.57. The van der Waals surface area contributed by atoms with Crippen LogP contribution in [-0.2, 0) is 16.6 Å². The van der Waals surface area contributed by atoms with E-state index in [1.807, 2.05) is 18.2 Å². The molecule has 1 aliphatic heterocycles. The maximum absolute atomic E-state index is 11.3. The van der Waals surface area contributed by atoms with Crippen molar-refractivity contribution >= 4 is 45.6 Å². The Morgan fingerprint density at radius 1 is 1.23 bits per heavy atom. The average Bonchev–Trinajstić information content (AvgIpc) is 3.19. The molecule has 30 heavy (non-hydrogen) atoms. The van der Waals surface area contributed by atoms with Crippen molar-refractivity contribution in [3.05, 3.63) is 54.1 Å². The van der Waals surface area contributed by atoms with Gasteiger partial charge in [0.15, 0.2) is 5.96 Å². The highest BCUT2D eigenvalue weighted by Gasteiger charge is 2.25. The minimum absolute atomic E-state index is 0. The van der Waals surface area contributed by atoms with Crippen LogP contribution < -0.4 is 25.4 Å².